The summed E-state index contributed by atoms with van der Waals surface area (Å²) in [7, 11) is 0. The predicted molar refractivity (Wildman–Crippen MR) is 76.5 cm³/mol. The van der Waals surface area contributed by atoms with E-state index in [1.54, 1.807) is 18.3 Å². The van der Waals surface area contributed by atoms with E-state index in [-0.39, 0.29) is 18.0 Å². The van der Waals surface area contributed by atoms with Crippen LogP contribution in [0.15, 0.2) is 18.3 Å². The molecule has 1 rings (SSSR count). The van der Waals surface area contributed by atoms with Crippen molar-refractivity contribution in [3.05, 3.63) is 23.9 Å². The Morgan fingerprint density at radius 2 is 2.17 bits per heavy atom. The monoisotopic (exact) mass is 266 g/mol. The summed E-state index contributed by atoms with van der Waals surface area (Å²) >= 11 is 4.87. The highest BCUT2D eigenvalue weighted by molar-refractivity contribution is 7.80. The molecule has 0 saturated heterocycles. The van der Waals surface area contributed by atoms with Gasteiger partial charge in [-0.15, -0.1) is 0 Å². The van der Waals surface area contributed by atoms with Gasteiger partial charge in [0.25, 0.3) is 0 Å². The minimum atomic E-state index is -0.243. The zero-order valence-electron chi connectivity index (χ0n) is 10.8. The third kappa shape index (κ3) is 5.09. The normalized spacial score (nSPS) is 10.8. The average Bonchev–Trinajstić information content (AvgIpc) is 2.24. The Balaban J connectivity index is 2.56. The van der Waals surface area contributed by atoms with E-state index in [2.05, 4.69) is 15.6 Å². The van der Waals surface area contributed by atoms with Gasteiger partial charge in [-0.25, -0.2) is 4.98 Å². The molecule has 1 amide bonds. The van der Waals surface area contributed by atoms with Gasteiger partial charge in [0.15, 0.2) is 0 Å². The Morgan fingerprint density at radius 1 is 1.50 bits per heavy atom. The van der Waals surface area contributed by atoms with Crippen molar-refractivity contribution in [3.63, 3.8) is 0 Å². The molecule has 0 unspecified atom stereocenters. The number of anilines is 1. The summed E-state index contributed by atoms with van der Waals surface area (Å²) in [4.78, 5) is 16.0. The fraction of sp³-hybridized carbons (Fsp3) is 0.417. The quantitative estimate of drug-likeness (QED) is 0.710. The van der Waals surface area contributed by atoms with Crippen molar-refractivity contribution >= 4 is 28.9 Å². The first-order valence-electron chi connectivity index (χ1n) is 5.59. The van der Waals surface area contributed by atoms with Gasteiger partial charge < -0.3 is 16.4 Å². The summed E-state index contributed by atoms with van der Waals surface area (Å²) in [5.74, 6) is 0.481. The highest BCUT2D eigenvalue weighted by Crippen LogP contribution is 2.06. The zero-order chi connectivity index (χ0) is 13.8. The molecule has 6 heteroatoms. The molecule has 1 heterocycles. The van der Waals surface area contributed by atoms with Crippen LogP contribution in [0, 0.1) is 0 Å². The van der Waals surface area contributed by atoms with Gasteiger partial charge in [-0.05, 0) is 32.9 Å². The van der Waals surface area contributed by atoms with Gasteiger partial charge in [0.05, 0.1) is 6.54 Å². The lowest BCUT2D eigenvalue weighted by Crippen LogP contribution is -2.43. The van der Waals surface area contributed by atoms with Crippen LogP contribution in [0.3, 0.4) is 0 Å². The van der Waals surface area contributed by atoms with Crippen LogP contribution in [0.2, 0.25) is 0 Å². The fourth-order valence-electron chi connectivity index (χ4n) is 1.31. The Hall–Kier alpha value is -1.69. The molecule has 0 bridgehead atoms. The van der Waals surface area contributed by atoms with Crippen LogP contribution in [0.4, 0.5) is 5.82 Å². The maximum Gasteiger partial charge on any atom is 0.239 e. The first-order chi connectivity index (χ1) is 8.28. The number of carbonyl (C=O) groups is 1. The number of nitrogens with one attached hydrogen (secondary N) is 2. The van der Waals surface area contributed by atoms with E-state index in [4.69, 9.17) is 18.0 Å². The van der Waals surface area contributed by atoms with E-state index >= 15 is 0 Å². The first-order valence-corrected chi connectivity index (χ1v) is 5.99. The Morgan fingerprint density at radius 3 is 2.72 bits per heavy atom. The lowest BCUT2D eigenvalue weighted by molar-refractivity contribution is -0.120. The lowest BCUT2D eigenvalue weighted by Gasteiger charge is -2.20. The number of amides is 1. The SMILES string of the molecule is CC(C)(C)NC(=O)CNc1cc(C(N)=S)ccn1. The smallest absolute Gasteiger partial charge is 0.239 e. The number of hydrogen-bond donors (Lipinski definition) is 3. The summed E-state index contributed by atoms with van der Waals surface area (Å²) in [5, 5.41) is 5.77. The van der Waals surface area contributed by atoms with Gasteiger partial charge in [0.1, 0.15) is 10.8 Å². The number of carbonyl (C=O) groups excluding carboxylic acids is 1. The van der Waals surface area contributed by atoms with Gasteiger partial charge in [0, 0.05) is 17.3 Å². The molecule has 5 nitrogen and oxygen atoms in total. The van der Waals surface area contributed by atoms with Gasteiger partial charge in [-0.3, -0.25) is 4.79 Å². The molecule has 0 fully saturated rings. The second-order valence-corrected chi connectivity index (χ2v) is 5.39. The number of rotatable bonds is 4. The van der Waals surface area contributed by atoms with Gasteiger partial charge in [-0.1, -0.05) is 12.2 Å². The molecule has 0 atom stereocenters. The highest BCUT2D eigenvalue weighted by atomic mass is 32.1. The topological polar surface area (TPSA) is 80.0 Å². The number of pyridine rings is 1. The van der Waals surface area contributed by atoms with Crippen molar-refractivity contribution in [2.24, 2.45) is 5.73 Å². The van der Waals surface area contributed by atoms with E-state index in [1.165, 1.54) is 0 Å². The summed E-state index contributed by atoms with van der Waals surface area (Å²) in [5.41, 5.74) is 6.00. The van der Waals surface area contributed by atoms with Crippen LogP contribution < -0.4 is 16.4 Å². The second kappa shape index (κ2) is 5.77. The minimum Gasteiger partial charge on any atom is -0.389 e. The minimum absolute atomic E-state index is 0.0926. The molecule has 0 aromatic carbocycles. The van der Waals surface area contributed by atoms with Crippen LogP contribution >= 0.6 is 12.2 Å². The number of thiocarbonyl (C=S) groups is 1. The Bertz CT molecular complexity index is 454. The summed E-state index contributed by atoms with van der Waals surface area (Å²) in [6.07, 6.45) is 1.60. The Labute approximate surface area is 112 Å². The number of hydrogen-bond acceptors (Lipinski definition) is 4. The molecule has 0 aliphatic rings. The van der Waals surface area contributed by atoms with E-state index in [0.717, 1.165) is 5.56 Å². The van der Waals surface area contributed by atoms with E-state index in [0.29, 0.717) is 10.8 Å². The standard InChI is InChI=1S/C12H18N4OS/c1-12(2,3)16-10(17)7-15-9-6-8(11(13)18)4-5-14-9/h4-6H,7H2,1-3H3,(H2,13,18)(H,14,15)(H,16,17). The van der Waals surface area contributed by atoms with Gasteiger partial charge >= 0.3 is 0 Å². The average molecular weight is 266 g/mol. The maximum atomic E-state index is 11.6. The largest absolute Gasteiger partial charge is 0.389 e. The first kappa shape index (κ1) is 14.4. The molecule has 1 aromatic rings. The molecule has 0 aliphatic carbocycles. The van der Waals surface area contributed by atoms with Crippen LogP contribution in [-0.2, 0) is 4.79 Å². The van der Waals surface area contributed by atoms with Crippen molar-refractivity contribution in [1.82, 2.24) is 10.3 Å². The summed E-state index contributed by atoms with van der Waals surface area (Å²) in [6, 6.07) is 3.44. The van der Waals surface area contributed by atoms with Crippen LogP contribution in [0.1, 0.15) is 26.3 Å². The summed E-state index contributed by atoms with van der Waals surface area (Å²) < 4.78 is 0. The molecule has 0 radical (unpaired) electrons. The molecular formula is C12H18N4OS. The van der Waals surface area contributed by atoms with Gasteiger partial charge in [0.2, 0.25) is 5.91 Å². The Kier molecular flexibility index (Phi) is 4.61. The molecule has 98 valence electrons. The predicted octanol–water partition coefficient (Wildman–Crippen LogP) is 1.04. The van der Waals surface area contributed by atoms with Crippen LogP contribution in [0.5, 0.6) is 0 Å². The molecule has 0 spiro atoms. The van der Waals surface area contributed by atoms with Crippen LogP contribution in [-0.4, -0.2) is 28.0 Å². The second-order valence-electron chi connectivity index (χ2n) is 4.95. The molecule has 18 heavy (non-hydrogen) atoms. The molecule has 0 saturated carbocycles. The third-order valence-electron chi connectivity index (χ3n) is 1.99. The molecule has 0 aliphatic heterocycles. The summed E-state index contributed by atoms with van der Waals surface area (Å²) in [6.45, 7) is 5.94. The van der Waals surface area contributed by atoms with Crippen molar-refractivity contribution in [2.75, 3.05) is 11.9 Å². The van der Waals surface area contributed by atoms with E-state index < -0.39 is 0 Å². The number of aromatic nitrogens is 1. The van der Waals surface area contributed by atoms with E-state index in [1.807, 2.05) is 20.8 Å². The van der Waals surface area contributed by atoms with Crippen molar-refractivity contribution in [2.45, 2.75) is 26.3 Å². The lowest BCUT2D eigenvalue weighted by atomic mass is 10.1. The van der Waals surface area contributed by atoms with Crippen molar-refractivity contribution in [1.29, 1.82) is 0 Å². The van der Waals surface area contributed by atoms with E-state index in [9.17, 15) is 4.79 Å². The molecular weight excluding hydrogens is 248 g/mol. The third-order valence-corrected chi connectivity index (χ3v) is 2.22. The zero-order valence-corrected chi connectivity index (χ0v) is 11.6. The van der Waals surface area contributed by atoms with Crippen LogP contribution in [0.25, 0.3) is 0 Å². The maximum absolute atomic E-state index is 11.6. The number of nitrogens with two attached hydrogens (primary N) is 1. The fourth-order valence-corrected chi connectivity index (χ4v) is 1.44. The van der Waals surface area contributed by atoms with Crippen molar-refractivity contribution < 1.29 is 4.79 Å². The molecule has 4 N–H and O–H groups in total. The van der Waals surface area contributed by atoms with Gasteiger partial charge in [-0.2, -0.15) is 0 Å². The number of nitrogens with zero attached hydrogens (tertiary/aromatic N) is 1. The molecule has 1 aromatic heterocycles. The highest BCUT2D eigenvalue weighted by Gasteiger charge is 2.13. The van der Waals surface area contributed by atoms with Crippen molar-refractivity contribution in [3.8, 4) is 0 Å².